The van der Waals surface area contributed by atoms with E-state index in [0.717, 1.165) is 4.90 Å². The molecule has 0 bridgehead atoms. The molecule has 1 aromatic carbocycles. The highest BCUT2D eigenvalue weighted by molar-refractivity contribution is 6.22. The number of carbonyl (C=O) groups is 5. The van der Waals surface area contributed by atoms with Gasteiger partial charge in [0.25, 0.3) is 17.7 Å². The molecule has 0 spiro atoms. The Morgan fingerprint density at radius 1 is 0.964 bits per heavy atom. The summed E-state index contributed by atoms with van der Waals surface area (Å²) in [5, 5.41) is 0. The first-order valence-corrected chi connectivity index (χ1v) is 8.98. The van der Waals surface area contributed by atoms with Gasteiger partial charge in [-0.3, -0.25) is 24.1 Å². The Hall–Kier alpha value is -3.23. The van der Waals surface area contributed by atoms with Crippen molar-refractivity contribution in [1.29, 1.82) is 0 Å². The molecule has 9 heteroatoms. The fourth-order valence-electron chi connectivity index (χ4n) is 3.28. The highest BCUT2D eigenvalue weighted by Crippen LogP contribution is 2.24. The first-order valence-electron chi connectivity index (χ1n) is 8.98. The quantitative estimate of drug-likeness (QED) is 0.528. The second-order valence-corrected chi connectivity index (χ2v) is 6.70. The predicted octanol–water partition coefficient (Wildman–Crippen LogP) is -0.0950. The van der Waals surface area contributed by atoms with Gasteiger partial charge in [-0.25, -0.2) is 4.79 Å². The van der Waals surface area contributed by atoms with Crippen molar-refractivity contribution in [2.45, 2.75) is 19.9 Å². The summed E-state index contributed by atoms with van der Waals surface area (Å²) in [5.41, 5.74) is 0.484. The Labute approximate surface area is 161 Å². The number of carbonyl (C=O) groups excluding carboxylic acids is 5. The van der Waals surface area contributed by atoms with Crippen LogP contribution in [0, 0.1) is 0 Å². The van der Waals surface area contributed by atoms with Crippen molar-refractivity contribution in [2.75, 3.05) is 32.8 Å². The average molecular weight is 387 g/mol. The van der Waals surface area contributed by atoms with Crippen LogP contribution in [0.2, 0.25) is 0 Å². The Kier molecular flexibility index (Phi) is 5.43. The molecule has 0 radical (unpaired) electrons. The number of ether oxygens (including phenoxy) is 1. The molecular formula is C19H21N3O6. The van der Waals surface area contributed by atoms with E-state index in [4.69, 9.17) is 4.74 Å². The summed E-state index contributed by atoms with van der Waals surface area (Å²) in [5.74, 6) is -2.38. The van der Waals surface area contributed by atoms with Crippen LogP contribution >= 0.6 is 0 Å². The van der Waals surface area contributed by atoms with Gasteiger partial charge in [0, 0.05) is 33.1 Å². The van der Waals surface area contributed by atoms with E-state index in [1.165, 1.54) is 30.9 Å². The molecule has 0 N–H and O–H groups in total. The molecule has 4 amide bonds. The third-order valence-electron chi connectivity index (χ3n) is 4.97. The summed E-state index contributed by atoms with van der Waals surface area (Å²) < 4.78 is 5.04. The minimum atomic E-state index is -1.14. The van der Waals surface area contributed by atoms with Gasteiger partial charge in [-0.2, -0.15) is 0 Å². The summed E-state index contributed by atoms with van der Waals surface area (Å²) >= 11 is 0. The van der Waals surface area contributed by atoms with E-state index in [1.807, 2.05) is 0 Å². The van der Waals surface area contributed by atoms with Gasteiger partial charge in [0.15, 0.2) is 6.61 Å². The zero-order valence-corrected chi connectivity index (χ0v) is 15.7. The monoisotopic (exact) mass is 387 g/mol. The molecule has 2 heterocycles. The van der Waals surface area contributed by atoms with Crippen LogP contribution in [-0.2, 0) is 19.1 Å². The Bertz CT molecular complexity index is 809. The van der Waals surface area contributed by atoms with E-state index in [9.17, 15) is 24.0 Å². The third-order valence-corrected chi connectivity index (χ3v) is 4.97. The lowest BCUT2D eigenvalue weighted by atomic mass is 10.1. The van der Waals surface area contributed by atoms with Crippen LogP contribution in [0.15, 0.2) is 24.3 Å². The molecule has 0 saturated carbocycles. The molecule has 1 fully saturated rings. The zero-order chi connectivity index (χ0) is 20.4. The SMILES string of the molecule is CC(=O)N1CCN(C(=O)COC(=O)[C@H](C)N2C(=O)c3ccccc3C2=O)CC1. The molecule has 148 valence electrons. The molecular weight excluding hydrogens is 366 g/mol. The molecule has 1 aromatic rings. The van der Waals surface area contributed by atoms with Crippen molar-refractivity contribution in [2.24, 2.45) is 0 Å². The number of rotatable bonds is 4. The summed E-state index contributed by atoms with van der Waals surface area (Å²) in [4.78, 5) is 64.7. The summed E-state index contributed by atoms with van der Waals surface area (Å²) in [6.07, 6.45) is 0. The molecule has 3 rings (SSSR count). The fourth-order valence-corrected chi connectivity index (χ4v) is 3.28. The van der Waals surface area contributed by atoms with Crippen LogP contribution in [0.1, 0.15) is 34.6 Å². The van der Waals surface area contributed by atoms with Crippen molar-refractivity contribution >= 4 is 29.6 Å². The van der Waals surface area contributed by atoms with Crippen LogP contribution in [-0.4, -0.2) is 83.1 Å². The first kappa shape index (κ1) is 19.5. The van der Waals surface area contributed by atoms with Gasteiger partial charge >= 0.3 is 5.97 Å². The lowest BCUT2D eigenvalue weighted by Gasteiger charge is -2.34. The van der Waals surface area contributed by atoms with Crippen molar-refractivity contribution in [3.63, 3.8) is 0 Å². The van der Waals surface area contributed by atoms with Crippen LogP contribution in [0.5, 0.6) is 0 Å². The van der Waals surface area contributed by atoms with Crippen molar-refractivity contribution in [1.82, 2.24) is 14.7 Å². The standard InChI is InChI=1S/C19H21N3O6/c1-12(22-17(25)14-5-3-4-6-15(14)18(22)26)19(27)28-11-16(24)21-9-7-20(8-10-21)13(2)23/h3-6,12H,7-11H2,1-2H3/t12-/m0/s1. The van der Waals surface area contributed by atoms with E-state index in [0.29, 0.717) is 26.2 Å². The lowest BCUT2D eigenvalue weighted by molar-refractivity contribution is -0.155. The van der Waals surface area contributed by atoms with Gasteiger partial charge in [0.1, 0.15) is 6.04 Å². The second-order valence-electron chi connectivity index (χ2n) is 6.70. The average Bonchev–Trinajstić information content (AvgIpc) is 2.96. The summed E-state index contributed by atoms with van der Waals surface area (Å²) in [7, 11) is 0. The second kappa shape index (κ2) is 7.79. The Morgan fingerprint density at radius 3 is 1.96 bits per heavy atom. The van der Waals surface area contributed by atoms with Gasteiger partial charge in [-0.15, -0.1) is 0 Å². The number of esters is 1. The zero-order valence-electron chi connectivity index (χ0n) is 15.7. The van der Waals surface area contributed by atoms with E-state index < -0.39 is 30.4 Å². The maximum Gasteiger partial charge on any atom is 0.329 e. The van der Waals surface area contributed by atoms with Crippen molar-refractivity contribution in [3.05, 3.63) is 35.4 Å². The maximum absolute atomic E-state index is 12.4. The molecule has 1 saturated heterocycles. The number of benzene rings is 1. The summed E-state index contributed by atoms with van der Waals surface area (Å²) in [6, 6.07) is 5.19. The molecule has 2 aliphatic heterocycles. The van der Waals surface area contributed by atoms with Crippen LogP contribution in [0.3, 0.4) is 0 Å². The fraction of sp³-hybridized carbons (Fsp3) is 0.421. The number of nitrogens with zero attached hydrogens (tertiary/aromatic N) is 3. The highest BCUT2D eigenvalue weighted by atomic mass is 16.5. The van der Waals surface area contributed by atoms with Crippen LogP contribution < -0.4 is 0 Å². The minimum Gasteiger partial charge on any atom is -0.454 e. The molecule has 2 aliphatic rings. The molecule has 0 unspecified atom stereocenters. The third kappa shape index (κ3) is 3.60. The van der Waals surface area contributed by atoms with E-state index >= 15 is 0 Å². The Balaban J connectivity index is 1.54. The normalized spacial score (nSPS) is 17.4. The number of piperazine rings is 1. The largest absolute Gasteiger partial charge is 0.454 e. The van der Waals surface area contributed by atoms with Gasteiger partial charge in [0.2, 0.25) is 5.91 Å². The van der Waals surface area contributed by atoms with Gasteiger partial charge in [-0.1, -0.05) is 12.1 Å². The smallest absolute Gasteiger partial charge is 0.329 e. The number of hydrogen-bond donors (Lipinski definition) is 0. The number of imide groups is 1. The van der Waals surface area contributed by atoms with Gasteiger partial charge in [-0.05, 0) is 19.1 Å². The highest BCUT2D eigenvalue weighted by Gasteiger charge is 2.41. The van der Waals surface area contributed by atoms with Crippen molar-refractivity contribution in [3.8, 4) is 0 Å². The number of fused-ring (bicyclic) bond motifs is 1. The Morgan fingerprint density at radius 2 is 1.46 bits per heavy atom. The van der Waals surface area contributed by atoms with E-state index in [1.54, 1.807) is 17.0 Å². The number of amides is 4. The molecule has 9 nitrogen and oxygen atoms in total. The van der Waals surface area contributed by atoms with Gasteiger partial charge in [0.05, 0.1) is 11.1 Å². The van der Waals surface area contributed by atoms with Gasteiger partial charge < -0.3 is 14.5 Å². The van der Waals surface area contributed by atoms with E-state index in [2.05, 4.69) is 0 Å². The molecule has 1 atom stereocenters. The predicted molar refractivity (Wildman–Crippen MR) is 96.2 cm³/mol. The molecule has 28 heavy (non-hydrogen) atoms. The lowest BCUT2D eigenvalue weighted by Crippen LogP contribution is -2.51. The van der Waals surface area contributed by atoms with E-state index in [-0.39, 0.29) is 22.9 Å². The molecule has 0 aliphatic carbocycles. The van der Waals surface area contributed by atoms with Crippen molar-refractivity contribution < 1.29 is 28.7 Å². The summed E-state index contributed by atoms with van der Waals surface area (Å²) in [6.45, 7) is 3.97. The van der Waals surface area contributed by atoms with Crippen LogP contribution in [0.4, 0.5) is 0 Å². The molecule has 0 aromatic heterocycles. The van der Waals surface area contributed by atoms with Crippen LogP contribution in [0.25, 0.3) is 0 Å². The first-order chi connectivity index (χ1) is 13.3. The topological polar surface area (TPSA) is 104 Å². The minimum absolute atomic E-state index is 0.0479. The number of hydrogen-bond acceptors (Lipinski definition) is 6. The maximum atomic E-state index is 12.4.